The van der Waals surface area contributed by atoms with Crippen LogP contribution in [0, 0.1) is 0 Å². The van der Waals surface area contributed by atoms with E-state index >= 15 is 0 Å². The number of hydrogen-bond acceptors (Lipinski definition) is 5. The van der Waals surface area contributed by atoms with Gasteiger partial charge in [-0.1, -0.05) is 19.0 Å². The van der Waals surface area contributed by atoms with Crippen LogP contribution < -0.4 is 5.32 Å². The molecule has 0 amide bonds. The fourth-order valence-electron chi connectivity index (χ4n) is 2.40. The molecule has 1 heterocycles. The van der Waals surface area contributed by atoms with Crippen molar-refractivity contribution >= 4 is 0 Å². The van der Waals surface area contributed by atoms with Crippen LogP contribution in [0.3, 0.4) is 0 Å². The fraction of sp³-hybridized carbons (Fsp3) is 0.846. The van der Waals surface area contributed by atoms with Gasteiger partial charge in [0.2, 0.25) is 11.7 Å². The van der Waals surface area contributed by atoms with Crippen LogP contribution in [0.5, 0.6) is 0 Å². The molecule has 0 aliphatic heterocycles. The first-order chi connectivity index (χ1) is 8.74. The molecule has 18 heavy (non-hydrogen) atoms. The number of nitrogens with zero attached hydrogens (tertiary/aromatic N) is 2. The SMILES string of the molecule is CCNC(CC)Cc1nc(C2(OC)CCC2)no1. The Hall–Kier alpha value is -0.940. The van der Waals surface area contributed by atoms with Gasteiger partial charge in [0.15, 0.2) is 0 Å². The normalized spacial score (nSPS) is 19.5. The van der Waals surface area contributed by atoms with E-state index < -0.39 is 0 Å². The summed E-state index contributed by atoms with van der Waals surface area (Å²) in [6, 6.07) is 0.406. The van der Waals surface area contributed by atoms with Gasteiger partial charge in [-0.25, -0.2) is 0 Å². The quantitative estimate of drug-likeness (QED) is 0.805. The Morgan fingerprint density at radius 1 is 1.44 bits per heavy atom. The zero-order chi connectivity index (χ0) is 13.0. The van der Waals surface area contributed by atoms with Crippen LogP contribution in [-0.4, -0.2) is 29.8 Å². The molecular formula is C13H23N3O2. The molecule has 0 bridgehead atoms. The molecule has 1 fully saturated rings. The summed E-state index contributed by atoms with van der Waals surface area (Å²) in [7, 11) is 1.72. The highest BCUT2D eigenvalue weighted by Crippen LogP contribution is 2.42. The largest absolute Gasteiger partial charge is 0.370 e. The second-order valence-corrected chi connectivity index (χ2v) is 4.93. The first-order valence-electron chi connectivity index (χ1n) is 6.85. The van der Waals surface area contributed by atoms with Crippen LogP contribution >= 0.6 is 0 Å². The molecule has 1 aromatic rings. The minimum absolute atomic E-state index is 0.276. The number of aromatic nitrogens is 2. The molecule has 5 heteroatoms. The first kappa shape index (κ1) is 13.5. The molecule has 1 N–H and O–H groups in total. The summed E-state index contributed by atoms with van der Waals surface area (Å²) in [5, 5.41) is 7.50. The molecule has 1 unspecified atom stereocenters. The van der Waals surface area contributed by atoms with Crippen molar-refractivity contribution in [2.24, 2.45) is 0 Å². The maximum atomic E-state index is 5.55. The molecule has 5 nitrogen and oxygen atoms in total. The van der Waals surface area contributed by atoms with Gasteiger partial charge < -0.3 is 14.6 Å². The predicted molar refractivity (Wildman–Crippen MR) is 68.3 cm³/mol. The summed E-state index contributed by atoms with van der Waals surface area (Å²) in [5.41, 5.74) is -0.276. The number of methoxy groups -OCH3 is 1. The van der Waals surface area contributed by atoms with E-state index in [-0.39, 0.29) is 5.60 Å². The summed E-state index contributed by atoms with van der Waals surface area (Å²) < 4.78 is 10.9. The second kappa shape index (κ2) is 5.80. The monoisotopic (exact) mass is 253 g/mol. The highest BCUT2D eigenvalue weighted by molar-refractivity contribution is 5.06. The van der Waals surface area contributed by atoms with Crippen molar-refractivity contribution in [2.45, 2.75) is 57.6 Å². The van der Waals surface area contributed by atoms with Crippen molar-refractivity contribution in [1.82, 2.24) is 15.5 Å². The molecule has 102 valence electrons. The van der Waals surface area contributed by atoms with E-state index in [2.05, 4.69) is 29.3 Å². The van der Waals surface area contributed by atoms with Crippen LogP contribution in [0.1, 0.15) is 51.2 Å². The van der Waals surface area contributed by atoms with E-state index in [4.69, 9.17) is 9.26 Å². The minimum atomic E-state index is -0.276. The maximum Gasteiger partial charge on any atom is 0.228 e. The molecule has 1 aliphatic rings. The van der Waals surface area contributed by atoms with E-state index in [0.29, 0.717) is 11.9 Å². The van der Waals surface area contributed by atoms with E-state index in [0.717, 1.165) is 38.1 Å². The Kier molecular flexibility index (Phi) is 4.35. The summed E-state index contributed by atoms with van der Waals surface area (Å²) in [6.45, 7) is 5.23. The van der Waals surface area contributed by atoms with E-state index in [1.165, 1.54) is 6.42 Å². The van der Waals surface area contributed by atoms with Crippen molar-refractivity contribution in [2.75, 3.05) is 13.7 Å². The van der Waals surface area contributed by atoms with Crippen molar-refractivity contribution in [3.63, 3.8) is 0 Å². The lowest BCUT2D eigenvalue weighted by molar-refractivity contribution is -0.0858. The van der Waals surface area contributed by atoms with Crippen LogP contribution in [-0.2, 0) is 16.8 Å². The highest BCUT2D eigenvalue weighted by Gasteiger charge is 2.43. The van der Waals surface area contributed by atoms with Gasteiger partial charge in [0.1, 0.15) is 5.60 Å². The fourth-order valence-corrected chi connectivity index (χ4v) is 2.40. The zero-order valence-electron chi connectivity index (χ0n) is 11.5. The Labute approximate surface area is 108 Å². The molecule has 0 spiro atoms. The zero-order valence-corrected chi connectivity index (χ0v) is 11.5. The lowest BCUT2D eigenvalue weighted by Gasteiger charge is -2.37. The van der Waals surface area contributed by atoms with Crippen LogP contribution in [0.4, 0.5) is 0 Å². The van der Waals surface area contributed by atoms with E-state index in [9.17, 15) is 0 Å². The molecular weight excluding hydrogens is 230 g/mol. The van der Waals surface area contributed by atoms with Gasteiger partial charge in [0.25, 0.3) is 0 Å². The smallest absolute Gasteiger partial charge is 0.228 e. The van der Waals surface area contributed by atoms with Crippen molar-refractivity contribution in [3.05, 3.63) is 11.7 Å². The number of ether oxygens (including phenoxy) is 1. The van der Waals surface area contributed by atoms with Gasteiger partial charge in [-0.2, -0.15) is 4.98 Å². The van der Waals surface area contributed by atoms with Crippen LogP contribution in [0.15, 0.2) is 4.52 Å². The van der Waals surface area contributed by atoms with Crippen LogP contribution in [0.25, 0.3) is 0 Å². The summed E-state index contributed by atoms with van der Waals surface area (Å²) in [5.74, 6) is 1.43. The molecule has 1 aliphatic carbocycles. The average molecular weight is 253 g/mol. The Bertz CT molecular complexity index is 369. The van der Waals surface area contributed by atoms with Crippen molar-refractivity contribution < 1.29 is 9.26 Å². The summed E-state index contributed by atoms with van der Waals surface area (Å²) in [6.07, 6.45) is 5.00. The molecule has 0 aromatic carbocycles. The van der Waals surface area contributed by atoms with Crippen LogP contribution in [0.2, 0.25) is 0 Å². The maximum absolute atomic E-state index is 5.55. The number of rotatable bonds is 7. The number of likely N-dealkylation sites (N-methyl/N-ethyl adjacent to an activating group) is 1. The standard InChI is InChI=1S/C13H23N3O2/c1-4-10(14-5-2)9-11-15-12(16-18-11)13(17-3)7-6-8-13/h10,14H,4-9H2,1-3H3. The lowest BCUT2D eigenvalue weighted by Crippen LogP contribution is -2.37. The second-order valence-electron chi connectivity index (χ2n) is 4.93. The Balaban J connectivity index is 2.01. The summed E-state index contributed by atoms with van der Waals surface area (Å²) >= 11 is 0. The van der Waals surface area contributed by atoms with Crippen molar-refractivity contribution in [1.29, 1.82) is 0 Å². The number of hydrogen-bond donors (Lipinski definition) is 1. The third-order valence-electron chi connectivity index (χ3n) is 3.83. The van der Waals surface area contributed by atoms with Gasteiger partial charge >= 0.3 is 0 Å². The Morgan fingerprint density at radius 2 is 2.22 bits per heavy atom. The third kappa shape index (κ3) is 2.57. The number of nitrogens with one attached hydrogen (secondary N) is 1. The predicted octanol–water partition coefficient (Wildman–Crippen LogP) is 2.03. The summed E-state index contributed by atoms with van der Waals surface area (Å²) in [4.78, 5) is 4.50. The average Bonchev–Trinajstić information content (AvgIpc) is 2.77. The lowest BCUT2D eigenvalue weighted by atomic mass is 9.79. The Morgan fingerprint density at radius 3 is 2.72 bits per heavy atom. The molecule has 0 radical (unpaired) electrons. The van der Waals surface area contributed by atoms with Gasteiger partial charge in [-0.05, 0) is 32.2 Å². The molecule has 1 saturated carbocycles. The minimum Gasteiger partial charge on any atom is -0.370 e. The molecule has 1 atom stereocenters. The molecule has 1 aromatic heterocycles. The van der Waals surface area contributed by atoms with Gasteiger partial charge in [0, 0.05) is 19.6 Å². The van der Waals surface area contributed by atoms with E-state index in [1.54, 1.807) is 7.11 Å². The topological polar surface area (TPSA) is 60.2 Å². The molecule has 2 rings (SSSR count). The van der Waals surface area contributed by atoms with Gasteiger partial charge in [-0.15, -0.1) is 0 Å². The highest BCUT2D eigenvalue weighted by atomic mass is 16.5. The van der Waals surface area contributed by atoms with Gasteiger partial charge in [-0.3, -0.25) is 0 Å². The van der Waals surface area contributed by atoms with Crippen molar-refractivity contribution in [3.8, 4) is 0 Å². The molecule has 0 saturated heterocycles. The first-order valence-corrected chi connectivity index (χ1v) is 6.85. The van der Waals surface area contributed by atoms with E-state index in [1.807, 2.05) is 0 Å². The third-order valence-corrected chi connectivity index (χ3v) is 3.83. The van der Waals surface area contributed by atoms with Gasteiger partial charge in [0.05, 0.1) is 0 Å².